The lowest BCUT2D eigenvalue weighted by atomic mass is 10.2. The van der Waals surface area contributed by atoms with Crippen LogP contribution in [0.5, 0.6) is 5.75 Å². The summed E-state index contributed by atoms with van der Waals surface area (Å²) in [5.74, 6) is -0.0852. The first-order valence-corrected chi connectivity index (χ1v) is 8.44. The van der Waals surface area contributed by atoms with E-state index in [-0.39, 0.29) is 17.6 Å². The van der Waals surface area contributed by atoms with Crippen LogP contribution in [-0.2, 0) is 14.3 Å². The Hall–Kier alpha value is -2.73. The molecule has 0 bridgehead atoms. The minimum Gasteiger partial charge on any atom is -0.427 e. The quantitative estimate of drug-likeness (QED) is 0.440. The molecule has 1 aliphatic heterocycles. The van der Waals surface area contributed by atoms with Crippen LogP contribution in [0.4, 0.5) is 0 Å². The molecule has 25 heavy (non-hydrogen) atoms. The predicted molar refractivity (Wildman–Crippen MR) is 97.1 cm³/mol. The summed E-state index contributed by atoms with van der Waals surface area (Å²) in [4.78, 5) is 27.6. The molecule has 2 aromatic rings. The van der Waals surface area contributed by atoms with E-state index in [2.05, 4.69) is 20.9 Å². The highest BCUT2D eigenvalue weighted by molar-refractivity contribution is 9.10. The third-order valence-corrected chi connectivity index (χ3v) is 4.12. The van der Waals surface area contributed by atoms with E-state index in [9.17, 15) is 9.59 Å². The van der Waals surface area contributed by atoms with Gasteiger partial charge in [-0.05, 0) is 51.8 Å². The lowest BCUT2D eigenvalue weighted by molar-refractivity contribution is -0.134. The topological polar surface area (TPSA) is 65.0 Å². The van der Waals surface area contributed by atoms with Gasteiger partial charge in [-0.1, -0.05) is 31.2 Å². The van der Waals surface area contributed by atoms with Crippen LogP contribution in [0.15, 0.2) is 63.7 Å². The molecule has 0 atom stereocenters. The highest BCUT2D eigenvalue weighted by Gasteiger charge is 2.25. The maximum Gasteiger partial charge on any atom is 0.363 e. The summed E-state index contributed by atoms with van der Waals surface area (Å²) in [5.41, 5.74) is 1.67. The molecule has 0 saturated carbocycles. The summed E-state index contributed by atoms with van der Waals surface area (Å²) in [7, 11) is 0. The molecule has 5 nitrogen and oxygen atoms in total. The molecule has 0 spiro atoms. The first kappa shape index (κ1) is 17.1. The Balaban J connectivity index is 1.82. The van der Waals surface area contributed by atoms with Gasteiger partial charge >= 0.3 is 11.9 Å². The number of carbonyl (C=O) groups is 2. The van der Waals surface area contributed by atoms with E-state index in [0.29, 0.717) is 17.7 Å². The second-order valence-electron chi connectivity index (χ2n) is 5.21. The summed E-state index contributed by atoms with van der Waals surface area (Å²) in [6.07, 6.45) is 1.93. The molecule has 0 aliphatic carbocycles. The molecular formula is C19H14BrNO4. The van der Waals surface area contributed by atoms with E-state index >= 15 is 0 Å². The zero-order chi connectivity index (χ0) is 17.8. The van der Waals surface area contributed by atoms with Crippen LogP contribution in [0.1, 0.15) is 24.5 Å². The van der Waals surface area contributed by atoms with Gasteiger partial charge in [-0.15, -0.1) is 0 Å². The van der Waals surface area contributed by atoms with Gasteiger partial charge in [0.05, 0.1) is 5.56 Å². The van der Waals surface area contributed by atoms with Crippen LogP contribution in [0.3, 0.4) is 0 Å². The second kappa shape index (κ2) is 7.44. The summed E-state index contributed by atoms with van der Waals surface area (Å²) < 4.78 is 11.2. The smallest absolute Gasteiger partial charge is 0.363 e. The molecular weight excluding hydrogens is 386 g/mol. The van der Waals surface area contributed by atoms with Crippen molar-refractivity contribution in [3.63, 3.8) is 0 Å². The van der Waals surface area contributed by atoms with Gasteiger partial charge in [-0.25, -0.2) is 9.79 Å². The van der Waals surface area contributed by atoms with Crippen molar-refractivity contribution in [3.8, 4) is 5.75 Å². The average Bonchev–Trinajstić information content (AvgIpc) is 2.97. The number of halogens is 1. The van der Waals surface area contributed by atoms with E-state index < -0.39 is 5.97 Å². The average molecular weight is 400 g/mol. The Labute approximate surface area is 153 Å². The molecule has 6 heteroatoms. The third kappa shape index (κ3) is 4.03. The normalized spacial score (nSPS) is 15.0. The lowest BCUT2D eigenvalue weighted by Crippen LogP contribution is -2.06. The van der Waals surface area contributed by atoms with E-state index in [1.165, 1.54) is 0 Å². The summed E-state index contributed by atoms with van der Waals surface area (Å²) in [6, 6.07) is 14.2. The SMILES string of the molecule is CCC(=O)Oc1ccc(/C=C2\N=C(c3ccccc3Br)OC2=O)cc1. The number of esters is 2. The number of hydrogen-bond acceptors (Lipinski definition) is 5. The van der Waals surface area contributed by atoms with Crippen molar-refractivity contribution in [2.24, 2.45) is 4.99 Å². The number of rotatable bonds is 4. The van der Waals surface area contributed by atoms with Crippen LogP contribution >= 0.6 is 15.9 Å². The van der Waals surface area contributed by atoms with Crippen molar-refractivity contribution >= 4 is 39.8 Å². The first-order valence-electron chi connectivity index (χ1n) is 7.65. The Kier molecular flexibility index (Phi) is 5.09. The number of nitrogens with zero attached hydrogens (tertiary/aromatic N) is 1. The highest BCUT2D eigenvalue weighted by Crippen LogP contribution is 2.24. The molecule has 0 N–H and O–H groups in total. The Morgan fingerprint density at radius 1 is 1.20 bits per heavy atom. The number of cyclic esters (lactones) is 1. The van der Waals surface area contributed by atoms with Crippen molar-refractivity contribution in [1.82, 2.24) is 0 Å². The van der Waals surface area contributed by atoms with Crippen LogP contribution in [0, 0.1) is 0 Å². The molecule has 0 saturated heterocycles. The highest BCUT2D eigenvalue weighted by atomic mass is 79.9. The standard InChI is InChI=1S/C19H14BrNO4/c1-2-17(22)24-13-9-7-12(8-10-13)11-16-19(23)25-18(21-16)14-5-3-4-6-15(14)20/h3-11H,2H2,1H3/b16-11-. The summed E-state index contributed by atoms with van der Waals surface area (Å²) in [5, 5.41) is 0. The largest absolute Gasteiger partial charge is 0.427 e. The molecule has 1 heterocycles. The number of carbonyl (C=O) groups excluding carboxylic acids is 2. The molecule has 0 fully saturated rings. The summed E-state index contributed by atoms with van der Waals surface area (Å²) >= 11 is 3.41. The van der Waals surface area contributed by atoms with Crippen LogP contribution in [0.25, 0.3) is 6.08 Å². The zero-order valence-electron chi connectivity index (χ0n) is 13.4. The number of ether oxygens (including phenoxy) is 2. The number of aliphatic imine (C=N–C) groups is 1. The Morgan fingerprint density at radius 3 is 2.60 bits per heavy atom. The van der Waals surface area contributed by atoms with E-state index in [1.807, 2.05) is 24.3 Å². The van der Waals surface area contributed by atoms with Crippen molar-refractivity contribution in [1.29, 1.82) is 0 Å². The fourth-order valence-corrected chi connectivity index (χ4v) is 2.61. The van der Waals surface area contributed by atoms with Gasteiger partial charge in [0.1, 0.15) is 5.75 Å². The molecule has 126 valence electrons. The molecule has 0 amide bonds. The van der Waals surface area contributed by atoms with Crippen LogP contribution in [-0.4, -0.2) is 17.8 Å². The van der Waals surface area contributed by atoms with Gasteiger partial charge in [-0.2, -0.15) is 0 Å². The molecule has 0 radical (unpaired) electrons. The van der Waals surface area contributed by atoms with Crippen LogP contribution < -0.4 is 4.74 Å². The van der Waals surface area contributed by atoms with E-state index in [0.717, 1.165) is 10.0 Å². The second-order valence-corrected chi connectivity index (χ2v) is 6.07. The zero-order valence-corrected chi connectivity index (χ0v) is 14.9. The van der Waals surface area contributed by atoms with Gasteiger partial charge < -0.3 is 9.47 Å². The number of benzene rings is 2. The van der Waals surface area contributed by atoms with E-state index in [1.54, 1.807) is 37.3 Å². The van der Waals surface area contributed by atoms with Crippen molar-refractivity contribution in [2.45, 2.75) is 13.3 Å². The van der Waals surface area contributed by atoms with Gasteiger partial charge in [0, 0.05) is 10.9 Å². The summed E-state index contributed by atoms with van der Waals surface area (Å²) in [6.45, 7) is 1.73. The molecule has 1 aliphatic rings. The first-order chi connectivity index (χ1) is 12.1. The van der Waals surface area contributed by atoms with Crippen LogP contribution in [0.2, 0.25) is 0 Å². The lowest BCUT2D eigenvalue weighted by Gasteiger charge is -2.02. The van der Waals surface area contributed by atoms with Crippen molar-refractivity contribution in [2.75, 3.05) is 0 Å². The van der Waals surface area contributed by atoms with Crippen molar-refractivity contribution in [3.05, 3.63) is 69.8 Å². The molecule has 0 unspecified atom stereocenters. The van der Waals surface area contributed by atoms with E-state index in [4.69, 9.17) is 9.47 Å². The van der Waals surface area contributed by atoms with Gasteiger partial charge in [0.2, 0.25) is 5.90 Å². The Bertz CT molecular complexity index is 885. The monoisotopic (exact) mass is 399 g/mol. The fourth-order valence-electron chi connectivity index (χ4n) is 2.15. The van der Waals surface area contributed by atoms with Gasteiger partial charge in [-0.3, -0.25) is 4.79 Å². The minimum atomic E-state index is -0.507. The van der Waals surface area contributed by atoms with Gasteiger partial charge in [0.15, 0.2) is 5.70 Å². The predicted octanol–water partition coefficient (Wildman–Crippen LogP) is 4.11. The van der Waals surface area contributed by atoms with Gasteiger partial charge in [0.25, 0.3) is 0 Å². The Morgan fingerprint density at radius 2 is 1.92 bits per heavy atom. The number of hydrogen-bond donors (Lipinski definition) is 0. The third-order valence-electron chi connectivity index (χ3n) is 3.43. The molecule has 2 aromatic carbocycles. The molecule has 3 rings (SSSR count). The van der Waals surface area contributed by atoms with Crippen molar-refractivity contribution < 1.29 is 19.1 Å². The fraction of sp³-hybridized carbons (Fsp3) is 0.105. The maximum atomic E-state index is 12.0. The molecule has 0 aromatic heterocycles. The maximum absolute atomic E-state index is 12.0. The minimum absolute atomic E-state index is 0.212.